The topological polar surface area (TPSA) is 27.7 Å². The lowest BCUT2D eigenvalue weighted by Crippen LogP contribution is -2.41. The predicted molar refractivity (Wildman–Crippen MR) is 82.6 cm³/mol. The Hall–Kier alpha value is -0.965. The van der Waals surface area contributed by atoms with Gasteiger partial charge in [0.15, 0.2) is 0 Å². The largest absolute Gasteiger partial charge is 0.494 e. The highest BCUT2D eigenvalue weighted by Gasteiger charge is 2.51. The Morgan fingerprint density at radius 2 is 1.65 bits per heavy atom. The normalized spacial score (nSPS) is 20.6. The molecule has 1 heterocycles. The third-order valence-electron chi connectivity index (χ3n) is 3.84. The van der Waals surface area contributed by atoms with Gasteiger partial charge in [-0.2, -0.15) is 0 Å². The van der Waals surface area contributed by atoms with Crippen LogP contribution >= 0.6 is 11.6 Å². The number of ether oxygens (including phenoxy) is 1. The van der Waals surface area contributed by atoms with Crippen molar-refractivity contribution < 1.29 is 14.0 Å². The standard InChI is InChI=1S/C15H20BClO3/c1-14(2)15(3,4)20-16(19-14)12-6-8-13(9-7-12)18-11-5-10-17/h5-10H,11H2,1-4H3/b10-5+. The molecule has 0 aromatic heterocycles. The zero-order valence-corrected chi connectivity index (χ0v) is 13.1. The van der Waals surface area contributed by atoms with Crippen LogP contribution < -0.4 is 10.2 Å². The van der Waals surface area contributed by atoms with Gasteiger partial charge in [-0.3, -0.25) is 0 Å². The van der Waals surface area contributed by atoms with E-state index in [4.69, 9.17) is 25.6 Å². The van der Waals surface area contributed by atoms with Crippen LogP contribution in [0.15, 0.2) is 35.9 Å². The van der Waals surface area contributed by atoms with Crippen molar-refractivity contribution >= 4 is 24.2 Å². The fraction of sp³-hybridized carbons (Fsp3) is 0.467. The summed E-state index contributed by atoms with van der Waals surface area (Å²) in [5.41, 5.74) is 1.79. The monoisotopic (exact) mass is 294 g/mol. The van der Waals surface area contributed by atoms with Gasteiger partial charge in [-0.25, -0.2) is 0 Å². The van der Waals surface area contributed by atoms with Gasteiger partial charge in [-0.1, -0.05) is 23.7 Å². The smallest absolute Gasteiger partial charge is 0.490 e. The van der Waals surface area contributed by atoms with Crippen molar-refractivity contribution in [3.05, 3.63) is 35.9 Å². The third kappa shape index (κ3) is 3.19. The van der Waals surface area contributed by atoms with Crippen LogP contribution in [-0.2, 0) is 9.31 Å². The highest BCUT2D eigenvalue weighted by atomic mass is 35.5. The van der Waals surface area contributed by atoms with Crippen molar-refractivity contribution in [3.8, 4) is 5.75 Å². The van der Waals surface area contributed by atoms with E-state index in [1.54, 1.807) is 6.08 Å². The summed E-state index contributed by atoms with van der Waals surface area (Å²) >= 11 is 5.44. The maximum absolute atomic E-state index is 6.00. The summed E-state index contributed by atoms with van der Waals surface area (Å²) in [6.45, 7) is 8.64. The minimum atomic E-state index is -0.336. The molecule has 0 amide bonds. The number of hydrogen-bond acceptors (Lipinski definition) is 3. The number of benzene rings is 1. The first-order chi connectivity index (χ1) is 9.36. The lowest BCUT2D eigenvalue weighted by atomic mass is 9.79. The lowest BCUT2D eigenvalue weighted by molar-refractivity contribution is 0.00578. The fourth-order valence-corrected chi connectivity index (χ4v) is 1.95. The summed E-state index contributed by atoms with van der Waals surface area (Å²) in [6.07, 6.45) is 1.74. The first-order valence-corrected chi connectivity index (χ1v) is 7.13. The molecule has 1 aromatic carbocycles. The Bertz CT molecular complexity index is 466. The van der Waals surface area contributed by atoms with E-state index in [0.717, 1.165) is 11.2 Å². The van der Waals surface area contributed by atoms with Gasteiger partial charge in [-0.05, 0) is 51.4 Å². The Balaban J connectivity index is 2.04. The molecular weight excluding hydrogens is 274 g/mol. The van der Waals surface area contributed by atoms with E-state index >= 15 is 0 Å². The minimum Gasteiger partial charge on any atom is -0.490 e. The van der Waals surface area contributed by atoms with Gasteiger partial charge in [0.05, 0.1) is 11.2 Å². The predicted octanol–water partition coefficient (Wildman–Crippen LogP) is 3.12. The number of rotatable bonds is 4. The lowest BCUT2D eigenvalue weighted by Gasteiger charge is -2.32. The molecule has 0 N–H and O–H groups in total. The molecule has 0 saturated carbocycles. The van der Waals surface area contributed by atoms with Crippen molar-refractivity contribution in [1.29, 1.82) is 0 Å². The van der Waals surface area contributed by atoms with Crippen molar-refractivity contribution in [2.75, 3.05) is 6.61 Å². The van der Waals surface area contributed by atoms with E-state index in [-0.39, 0.29) is 18.3 Å². The van der Waals surface area contributed by atoms with Crippen LogP contribution in [0.2, 0.25) is 0 Å². The molecule has 0 bridgehead atoms. The van der Waals surface area contributed by atoms with Crippen molar-refractivity contribution in [1.82, 2.24) is 0 Å². The van der Waals surface area contributed by atoms with Crippen LogP contribution in [-0.4, -0.2) is 24.9 Å². The first-order valence-electron chi connectivity index (χ1n) is 6.69. The SMILES string of the molecule is CC1(C)OB(c2ccc(OC/C=C/Cl)cc2)OC1(C)C. The van der Waals surface area contributed by atoms with E-state index in [9.17, 15) is 0 Å². The van der Waals surface area contributed by atoms with Crippen LogP contribution in [0.1, 0.15) is 27.7 Å². The molecule has 20 heavy (non-hydrogen) atoms. The Morgan fingerprint density at radius 3 is 2.15 bits per heavy atom. The first kappa shape index (κ1) is 15.4. The van der Waals surface area contributed by atoms with Gasteiger partial charge >= 0.3 is 7.12 Å². The van der Waals surface area contributed by atoms with Crippen molar-refractivity contribution in [3.63, 3.8) is 0 Å². The molecule has 3 nitrogen and oxygen atoms in total. The molecule has 0 aliphatic carbocycles. The molecule has 1 aliphatic rings. The maximum atomic E-state index is 6.00. The van der Waals surface area contributed by atoms with Gasteiger partial charge in [0, 0.05) is 5.54 Å². The molecule has 5 heteroatoms. The summed E-state index contributed by atoms with van der Waals surface area (Å²) in [4.78, 5) is 0. The molecule has 108 valence electrons. The molecule has 0 unspecified atom stereocenters. The highest BCUT2D eigenvalue weighted by Crippen LogP contribution is 2.36. The van der Waals surface area contributed by atoms with Gasteiger partial charge in [0.2, 0.25) is 0 Å². The van der Waals surface area contributed by atoms with E-state index in [1.165, 1.54) is 5.54 Å². The van der Waals surface area contributed by atoms with Gasteiger partial charge in [-0.15, -0.1) is 0 Å². The van der Waals surface area contributed by atoms with Crippen LogP contribution in [0.3, 0.4) is 0 Å². The zero-order valence-electron chi connectivity index (χ0n) is 12.4. The molecule has 0 atom stereocenters. The second kappa shape index (κ2) is 5.80. The number of hydrogen-bond donors (Lipinski definition) is 0. The van der Waals surface area contributed by atoms with Gasteiger partial charge in [0.25, 0.3) is 0 Å². The minimum absolute atomic E-state index is 0.321. The van der Waals surface area contributed by atoms with Crippen molar-refractivity contribution in [2.45, 2.75) is 38.9 Å². The van der Waals surface area contributed by atoms with Crippen LogP contribution in [0, 0.1) is 0 Å². The molecule has 1 aromatic rings. The number of halogens is 1. The summed E-state index contributed by atoms with van der Waals surface area (Å²) in [6, 6.07) is 7.73. The van der Waals surface area contributed by atoms with E-state index in [1.807, 2.05) is 52.0 Å². The molecular formula is C15H20BClO3. The van der Waals surface area contributed by atoms with Crippen LogP contribution in [0.5, 0.6) is 5.75 Å². The van der Waals surface area contributed by atoms with Crippen molar-refractivity contribution in [2.24, 2.45) is 0 Å². The van der Waals surface area contributed by atoms with E-state index < -0.39 is 0 Å². The highest BCUT2D eigenvalue weighted by molar-refractivity contribution is 6.62. The summed E-state index contributed by atoms with van der Waals surface area (Å²) in [5.74, 6) is 0.792. The molecule has 1 saturated heterocycles. The molecule has 1 aliphatic heterocycles. The summed E-state index contributed by atoms with van der Waals surface area (Å²) < 4.78 is 17.5. The Kier molecular flexibility index (Phi) is 4.47. The second-order valence-electron chi connectivity index (χ2n) is 5.83. The van der Waals surface area contributed by atoms with Gasteiger partial charge in [0.1, 0.15) is 12.4 Å². The van der Waals surface area contributed by atoms with Crippen LogP contribution in [0.4, 0.5) is 0 Å². The molecule has 2 rings (SSSR count). The molecule has 0 spiro atoms. The van der Waals surface area contributed by atoms with E-state index in [2.05, 4.69) is 0 Å². The second-order valence-corrected chi connectivity index (χ2v) is 6.08. The molecule has 1 fully saturated rings. The summed E-state index contributed by atoms with van der Waals surface area (Å²) in [5, 5.41) is 0. The van der Waals surface area contributed by atoms with Gasteiger partial charge < -0.3 is 14.0 Å². The average molecular weight is 295 g/mol. The van der Waals surface area contributed by atoms with E-state index in [0.29, 0.717) is 6.61 Å². The fourth-order valence-electron chi connectivity index (χ4n) is 1.88. The maximum Gasteiger partial charge on any atom is 0.494 e. The third-order valence-corrected chi connectivity index (χ3v) is 4.02. The quantitative estimate of drug-likeness (QED) is 0.799. The zero-order chi connectivity index (χ0) is 14.8. The summed E-state index contributed by atoms with van der Waals surface area (Å²) in [7, 11) is -0.336. The Labute approximate surface area is 126 Å². The average Bonchev–Trinajstić information content (AvgIpc) is 2.60. The molecule has 0 radical (unpaired) electrons. The van der Waals surface area contributed by atoms with Crippen LogP contribution in [0.25, 0.3) is 0 Å². The Morgan fingerprint density at radius 1 is 1.10 bits per heavy atom.